The highest BCUT2D eigenvalue weighted by molar-refractivity contribution is 8.26. The summed E-state index contributed by atoms with van der Waals surface area (Å²) in [6.07, 6.45) is -2.78. The fourth-order valence-electron chi connectivity index (χ4n) is 3.59. The quantitative estimate of drug-likeness (QED) is 0.515. The summed E-state index contributed by atoms with van der Waals surface area (Å²) in [5.74, 6) is -0.390. The van der Waals surface area contributed by atoms with E-state index in [0.717, 1.165) is 42.5 Å². The highest BCUT2D eigenvalue weighted by atomic mass is 32.2. The number of amides is 2. The number of thiocarbonyl (C=S) groups is 1. The van der Waals surface area contributed by atoms with Gasteiger partial charge in [-0.1, -0.05) is 48.2 Å². The van der Waals surface area contributed by atoms with Gasteiger partial charge in [0.1, 0.15) is 4.32 Å². The molecule has 2 fully saturated rings. The Kier molecular flexibility index (Phi) is 6.87. The molecule has 1 N–H and O–H groups in total. The number of carbonyl (C=O) groups excluding carboxylic acids is 2. The largest absolute Gasteiger partial charge is 0.416 e. The summed E-state index contributed by atoms with van der Waals surface area (Å²) in [6.45, 7) is 2.83. The Morgan fingerprint density at radius 2 is 1.82 bits per heavy atom. The highest BCUT2D eigenvalue weighted by Crippen LogP contribution is 2.35. The van der Waals surface area contributed by atoms with Crippen LogP contribution in [0.4, 0.5) is 13.2 Å². The van der Waals surface area contributed by atoms with Crippen LogP contribution in [0, 0.1) is 0 Å². The van der Waals surface area contributed by atoms with E-state index in [4.69, 9.17) is 12.2 Å². The van der Waals surface area contributed by atoms with Crippen molar-refractivity contribution in [1.29, 1.82) is 0 Å². The second-order valence-electron chi connectivity index (χ2n) is 7.63. The zero-order valence-electron chi connectivity index (χ0n) is 17.4. The number of alkyl halides is 3. The van der Waals surface area contributed by atoms with Gasteiger partial charge >= 0.3 is 6.18 Å². The molecule has 2 amide bonds. The number of hydrogen-bond donors (Lipinski definition) is 1. The summed E-state index contributed by atoms with van der Waals surface area (Å²) in [7, 11) is 0. The molecule has 2 aliphatic rings. The Balaban J connectivity index is 1.46. The third kappa shape index (κ3) is 5.45. The van der Waals surface area contributed by atoms with Crippen molar-refractivity contribution in [2.24, 2.45) is 0 Å². The molecule has 0 spiro atoms. The molecule has 4 rings (SSSR count). The first-order valence-corrected chi connectivity index (χ1v) is 11.5. The number of halogens is 3. The molecule has 0 unspecified atom stereocenters. The minimum Gasteiger partial charge on any atom is -0.336 e. The van der Waals surface area contributed by atoms with Gasteiger partial charge in [-0.15, -0.1) is 0 Å². The SMILES string of the molecule is O=C(c1ccc(/C=C2\SC(=S)N(Cc3cccc(C(F)(F)F)c3)C2=O)cc1)N1CCNCC1. The third-order valence-corrected chi connectivity index (χ3v) is 6.71. The van der Waals surface area contributed by atoms with Gasteiger partial charge in [0.05, 0.1) is 17.0 Å². The molecule has 2 heterocycles. The Morgan fingerprint density at radius 3 is 2.48 bits per heavy atom. The number of carbonyl (C=O) groups is 2. The summed E-state index contributed by atoms with van der Waals surface area (Å²) in [4.78, 5) is 28.9. The molecule has 2 aliphatic heterocycles. The van der Waals surface area contributed by atoms with Gasteiger partial charge in [-0.3, -0.25) is 14.5 Å². The Labute approximate surface area is 198 Å². The zero-order valence-corrected chi connectivity index (χ0v) is 19.0. The van der Waals surface area contributed by atoms with Crippen molar-refractivity contribution >= 4 is 46.2 Å². The number of nitrogens with one attached hydrogen (secondary N) is 1. The first-order chi connectivity index (χ1) is 15.7. The predicted octanol–water partition coefficient (Wildman–Crippen LogP) is 4.15. The van der Waals surface area contributed by atoms with Crippen molar-refractivity contribution in [3.05, 3.63) is 75.7 Å². The van der Waals surface area contributed by atoms with E-state index < -0.39 is 11.7 Å². The maximum atomic E-state index is 13.0. The van der Waals surface area contributed by atoms with Crippen LogP contribution in [-0.4, -0.2) is 52.1 Å². The number of hydrogen-bond acceptors (Lipinski definition) is 5. The molecule has 2 aromatic rings. The van der Waals surface area contributed by atoms with Crippen LogP contribution in [0.5, 0.6) is 0 Å². The van der Waals surface area contributed by atoms with E-state index >= 15 is 0 Å². The molecule has 0 saturated carbocycles. The zero-order chi connectivity index (χ0) is 23.6. The molecule has 0 aromatic heterocycles. The molecule has 2 saturated heterocycles. The molecule has 10 heteroatoms. The average Bonchev–Trinajstić information content (AvgIpc) is 3.06. The van der Waals surface area contributed by atoms with Crippen molar-refractivity contribution in [2.45, 2.75) is 12.7 Å². The van der Waals surface area contributed by atoms with Gasteiger partial charge in [0.15, 0.2) is 0 Å². The van der Waals surface area contributed by atoms with Crippen LogP contribution in [0.1, 0.15) is 27.0 Å². The predicted molar refractivity (Wildman–Crippen MR) is 125 cm³/mol. The van der Waals surface area contributed by atoms with Crippen LogP contribution in [-0.2, 0) is 17.5 Å². The van der Waals surface area contributed by atoms with Crippen LogP contribution in [0.15, 0.2) is 53.4 Å². The monoisotopic (exact) mass is 491 g/mol. The maximum absolute atomic E-state index is 13.0. The lowest BCUT2D eigenvalue weighted by Gasteiger charge is -2.27. The van der Waals surface area contributed by atoms with Crippen LogP contribution in [0.2, 0.25) is 0 Å². The first-order valence-electron chi connectivity index (χ1n) is 10.2. The first kappa shape index (κ1) is 23.5. The number of benzene rings is 2. The van der Waals surface area contributed by atoms with Crippen LogP contribution in [0.25, 0.3) is 6.08 Å². The molecular weight excluding hydrogens is 471 g/mol. The summed E-state index contributed by atoms with van der Waals surface area (Å²) < 4.78 is 39.2. The number of thioether (sulfide) groups is 1. The molecule has 0 aliphatic carbocycles. The van der Waals surface area contributed by atoms with E-state index in [1.807, 2.05) is 0 Å². The average molecular weight is 492 g/mol. The minimum atomic E-state index is -4.45. The van der Waals surface area contributed by atoms with Crippen molar-refractivity contribution in [3.63, 3.8) is 0 Å². The van der Waals surface area contributed by atoms with E-state index in [2.05, 4.69) is 5.32 Å². The molecule has 33 heavy (non-hydrogen) atoms. The van der Waals surface area contributed by atoms with Gasteiger partial charge in [0.25, 0.3) is 11.8 Å². The molecule has 172 valence electrons. The lowest BCUT2D eigenvalue weighted by Crippen LogP contribution is -2.46. The molecule has 2 aromatic carbocycles. The summed E-state index contributed by atoms with van der Waals surface area (Å²) in [5, 5.41) is 3.21. The van der Waals surface area contributed by atoms with Crippen molar-refractivity contribution in [2.75, 3.05) is 26.2 Å². The topological polar surface area (TPSA) is 52.7 Å². The number of piperazine rings is 1. The smallest absolute Gasteiger partial charge is 0.336 e. The highest BCUT2D eigenvalue weighted by Gasteiger charge is 2.34. The fraction of sp³-hybridized carbons (Fsp3) is 0.261. The van der Waals surface area contributed by atoms with Crippen LogP contribution < -0.4 is 5.32 Å². The number of nitrogens with zero attached hydrogens (tertiary/aromatic N) is 2. The Hall–Kier alpha value is -2.69. The van der Waals surface area contributed by atoms with E-state index in [1.165, 1.54) is 17.0 Å². The maximum Gasteiger partial charge on any atom is 0.416 e. The van der Waals surface area contributed by atoms with E-state index in [-0.39, 0.29) is 22.7 Å². The van der Waals surface area contributed by atoms with Gasteiger partial charge in [0, 0.05) is 31.7 Å². The third-order valence-electron chi connectivity index (χ3n) is 5.33. The molecule has 0 bridgehead atoms. The fourth-order valence-corrected chi connectivity index (χ4v) is 4.84. The molecule has 5 nitrogen and oxygen atoms in total. The van der Waals surface area contributed by atoms with Gasteiger partial charge in [-0.25, -0.2) is 0 Å². The normalized spacial score (nSPS) is 18.3. The standard InChI is InChI=1S/C23H20F3N3O2S2/c24-23(25,26)18-3-1-2-16(12-18)14-29-21(31)19(33-22(29)32)13-15-4-6-17(7-5-15)20(30)28-10-8-27-9-11-28/h1-7,12-13,27H,8-11,14H2/b19-13-. The van der Waals surface area contributed by atoms with Crippen LogP contribution >= 0.6 is 24.0 Å². The van der Waals surface area contributed by atoms with Crippen LogP contribution in [0.3, 0.4) is 0 Å². The van der Waals surface area contributed by atoms with E-state index in [9.17, 15) is 22.8 Å². The lowest BCUT2D eigenvalue weighted by molar-refractivity contribution is -0.137. The van der Waals surface area contributed by atoms with Gasteiger partial charge in [-0.05, 0) is 41.5 Å². The van der Waals surface area contributed by atoms with E-state index in [1.54, 1.807) is 35.2 Å². The van der Waals surface area contributed by atoms with Crippen molar-refractivity contribution < 1.29 is 22.8 Å². The van der Waals surface area contributed by atoms with Crippen molar-refractivity contribution in [1.82, 2.24) is 15.1 Å². The second kappa shape index (κ2) is 9.66. The number of rotatable bonds is 4. The van der Waals surface area contributed by atoms with E-state index in [0.29, 0.717) is 29.1 Å². The molecular formula is C23H20F3N3O2S2. The second-order valence-corrected chi connectivity index (χ2v) is 9.31. The van der Waals surface area contributed by atoms with Gasteiger partial charge < -0.3 is 10.2 Å². The lowest BCUT2D eigenvalue weighted by atomic mass is 10.1. The Morgan fingerprint density at radius 1 is 1.12 bits per heavy atom. The van der Waals surface area contributed by atoms with Gasteiger partial charge in [0.2, 0.25) is 0 Å². The summed E-state index contributed by atoms with van der Waals surface area (Å²) >= 11 is 6.40. The summed E-state index contributed by atoms with van der Waals surface area (Å²) in [6, 6.07) is 11.8. The Bertz CT molecular complexity index is 1110. The minimum absolute atomic E-state index is 0.0320. The van der Waals surface area contributed by atoms with Crippen molar-refractivity contribution in [3.8, 4) is 0 Å². The van der Waals surface area contributed by atoms with Gasteiger partial charge in [-0.2, -0.15) is 13.2 Å². The summed E-state index contributed by atoms with van der Waals surface area (Å²) in [5.41, 5.74) is 0.882. The molecule has 0 atom stereocenters. The molecule has 0 radical (unpaired) electrons.